The van der Waals surface area contributed by atoms with Crippen LogP contribution < -0.4 is 0 Å². The van der Waals surface area contributed by atoms with Crippen LogP contribution in [0.4, 0.5) is 4.39 Å². The van der Waals surface area contributed by atoms with Gasteiger partial charge >= 0.3 is 0 Å². The van der Waals surface area contributed by atoms with Gasteiger partial charge in [0.05, 0.1) is 18.6 Å². The Morgan fingerprint density at radius 3 is 2.78 bits per heavy atom. The van der Waals surface area contributed by atoms with Crippen LogP contribution >= 0.6 is 0 Å². The third-order valence-electron chi connectivity index (χ3n) is 3.10. The molecule has 2 heterocycles. The first-order valence-corrected chi connectivity index (χ1v) is 5.73. The number of nitrogens with zero attached hydrogens (tertiary/aromatic N) is 3. The Balaban J connectivity index is 1.78. The standard InChI is InChI=1S/C13H12FN3O/c14-11-3-1-10(2-4-11)6-16-7-12-5-15-9-17(12)8-13(16)18/h1-5,9H,6-8H2. The number of hydrogen-bond acceptors (Lipinski definition) is 2. The van der Waals surface area contributed by atoms with Gasteiger partial charge in [0.15, 0.2) is 0 Å². The summed E-state index contributed by atoms with van der Waals surface area (Å²) < 4.78 is 14.7. The summed E-state index contributed by atoms with van der Waals surface area (Å²) in [5, 5.41) is 0. The molecule has 1 amide bonds. The van der Waals surface area contributed by atoms with E-state index < -0.39 is 0 Å². The Morgan fingerprint density at radius 1 is 1.22 bits per heavy atom. The third-order valence-corrected chi connectivity index (χ3v) is 3.10. The van der Waals surface area contributed by atoms with E-state index in [4.69, 9.17) is 0 Å². The predicted octanol–water partition coefficient (Wildman–Crippen LogP) is 1.56. The van der Waals surface area contributed by atoms with E-state index in [1.807, 2.05) is 4.57 Å². The number of benzene rings is 1. The fourth-order valence-electron chi connectivity index (χ4n) is 2.11. The summed E-state index contributed by atoms with van der Waals surface area (Å²) in [4.78, 5) is 17.7. The molecule has 1 aromatic heterocycles. The lowest BCUT2D eigenvalue weighted by Gasteiger charge is -2.28. The monoisotopic (exact) mass is 245 g/mol. The molecule has 0 aliphatic carbocycles. The van der Waals surface area contributed by atoms with Crippen LogP contribution in [0.5, 0.6) is 0 Å². The van der Waals surface area contributed by atoms with Crippen molar-refractivity contribution in [2.24, 2.45) is 0 Å². The van der Waals surface area contributed by atoms with Crippen LogP contribution in [0.2, 0.25) is 0 Å². The van der Waals surface area contributed by atoms with Crippen LogP contribution in [-0.4, -0.2) is 20.4 Å². The zero-order valence-corrected chi connectivity index (χ0v) is 9.71. The number of aromatic nitrogens is 2. The Morgan fingerprint density at radius 2 is 2.00 bits per heavy atom. The Bertz CT molecular complexity index is 576. The van der Waals surface area contributed by atoms with Gasteiger partial charge in [0.1, 0.15) is 12.4 Å². The lowest BCUT2D eigenvalue weighted by Crippen LogP contribution is -2.38. The Hall–Kier alpha value is -2.17. The van der Waals surface area contributed by atoms with E-state index in [2.05, 4.69) is 4.98 Å². The molecule has 0 saturated heterocycles. The number of carbonyl (C=O) groups excluding carboxylic acids is 1. The number of amides is 1. The van der Waals surface area contributed by atoms with Crippen LogP contribution in [-0.2, 0) is 24.4 Å². The molecule has 92 valence electrons. The second-order valence-corrected chi connectivity index (χ2v) is 4.39. The van der Waals surface area contributed by atoms with Crippen LogP contribution in [0.3, 0.4) is 0 Å². The van der Waals surface area contributed by atoms with Gasteiger partial charge in [0.25, 0.3) is 0 Å². The molecule has 0 saturated carbocycles. The average Bonchev–Trinajstić information content (AvgIpc) is 2.79. The minimum Gasteiger partial charge on any atom is -0.331 e. The van der Waals surface area contributed by atoms with Gasteiger partial charge in [0, 0.05) is 12.7 Å². The first kappa shape index (κ1) is 11.0. The number of carbonyl (C=O) groups is 1. The van der Waals surface area contributed by atoms with Crippen LogP contribution in [0.15, 0.2) is 36.8 Å². The van der Waals surface area contributed by atoms with Crippen LogP contribution in [0.1, 0.15) is 11.3 Å². The SMILES string of the molecule is O=C1Cn2cncc2CN1Cc1ccc(F)cc1. The average molecular weight is 245 g/mol. The molecule has 0 spiro atoms. The molecule has 4 nitrogen and oxygen atoms in total. The van der Waals surface area contributed by atoms with Crippen molar-refractivity contribution in [2.45, 2.75) is 19.6 Å². The first-order valence-electron chi connectivity index (χ1n) is 5.73. The third kappa shape index (κ3) is 1.99. The molecule has 3 rings (SSSR count). The smallest absolute Gasteiger partial charge is 0.243 e. The molecule has 0 bridgehead atoms. The van der Waals surface area contributed by atoms with E-state index in [9.17, 15) is 9.18 Å². The number of fused-ring (bicyclic) bond motifs is 1. The largest absolute Gasteiger partial charge is 0.331 e. The molecule has 1 aliphatic heterocycles. The van der Waals surface area contributed by atoms with Gasteiger partial charge in [-0.15, -0.1) is 0 Å². The summed E-state index contributed by atoms with van der Waals surface area (Å²) in [5.74, 6) is -0.202. The second kappa shape index (κ2) is 4.25. The van der Waals surface area contributed by atoms with Gasteiger partial charge in [0.2, 0.25) is 5.91 Å². The fourth-order valence-corrected chi connectivity index (χ4v) is 2.11. The minimum absolute atomic E-state index is 0.0600. The number of imidazole rings is 1. The number of rotatable bonds is 2. The predicted molar refractivity (Wildman–Crippen MR) is 62.9 cm³/mol. The second-order valence-electron chi connectivity index (χ2n) is 4.39. The normalized spacial score (nSPS) is 14.7. The highest BCUT2D eigenvalue weighted by Crippen LogP contribution is 2.15. The van der Waals surface area contributed by atoms with Gasteiger partial charge in [-0.05, 0) is 17.7 Å². The summed E-state index contributed by atoms with van der Waals surface area (Å²) in [6, 6.07) is 6.23. The van der Waals surface area contributed by atoms with Crippen LogP contribution in [0, 0.1) is 5.82 Å². The maximum atomic E-state index is 12.8. The molecule has 1 aromatic carbocycles. The molecule has 0 radical (unpaired) electrons. The van der Waals surface area contributed by atoms with Crippen molar-refractivity contribution in [2.75, 3.05) is 0 Å². The summed E-state index contributed by atoms with van der Waals surface area (Å²) in [5.41, 5.74) is 1.95. The maximum absolute atomic E-state index is 12.8. The van der Waals surface area contributed by atoms with E-state index in [-0.39, 0.29) is 11.7 Å². The van der Waals surface area contributed by atoms with Crippen LogP contribution in [0.25, 0.3) is 0 Å². The summed E-state index contributed by atoms with van der Waals surface area (Å²) in [7, 11) is 0. The zero-order valence-electron chi connectivity index (χ0n) is 9.71. The van der Waals surface area contributed by atoms with Crippen molar-refractivity contribution in [1.29, 1.82) is 0 Å². The Labute approximate surface area is 104 Å². The van der Waals surface area contributed by atoms with Gasteiger partial charge in [-0.3, -0.25) is 4.79 Å². The van der Waals surface area contributed by atoms with E-state index in [1.54, 1.807) is 29.6 Å². The van der Waals surface area contributed by atoms with Gasteiger partial charge < -0.3 is 9.47 Å². The molecular formula is C13H12FN3O. The molecule has 5 heteroatoms. The minimum atomic E-state index is -0.262. The van der Waals surface area contributed by atoms with Crippen molar-refractivity contribution < 1.29 is 9.18 Å². The van der Waals surface area contributed by atoms with E-state index in [1.165, 1.54) is 12.1 Å². The van der Waals surface area contributed by atoms with E-state index in [0.29, 0.717) is 19.6 Å². The van der Waals surface area contributed by atoms with Gasteiger partial charge in [-0.1, -0.05) is 12.1 Å². The molecule has 0 unspecified atom stereocenters. The molecular weight excluding hydrogens is 233 g/mol. The molecule has 18 heavy (non-hydrogen) atoms. The van der Waals surface area contributed by atoms with Crippen molar-refractivity contribution in [1.82, 2.24) is 14.5 Å². The highest BCUT2D eigenvalue weighted by Gasteiger charge is 2.22. The van der Waals surface area contributed by atoms with Gasteiger partial charge in [-0.2, -0.15) is 0 Å². The first-order chi connectivity index (χ1) is 8.72. The van der Waals surface area contributed by atoms with Crippen molar-refractivity contribution in [3.05, 3.63) is 53.9 Å². The quantitative estimate of drug-likeness (QED) is 0.805. The van der Waals surface area contributed by atoms with E-state index >= 15 is 0 Å². The maximum Gasteiger partial charge on any atom is 0.243 e. The topological polar surface area (TPSA) is 38.1 Å². The highest BCUT2D eigenvalue weighted by molar-refractivity contribution is 5.77. The fraction of sp³-hybridized carbons (Fsp3) is 0.231. The highest BCUT2D eigenvalue weighted by atomic mass is 19.1. The molecule has 2 aromatic rings. The van der Waals surface area contributed by atoms with Crippen molar-refractivity contribution in [3.63, 3.8) is 0 Å². The van der Waals surface area contributed by atoms with E-state index in [0.717, 1.165) is 11.3 Å². The zero-order chi connectivity index (χ0) is 12.5. The van der Waals surface area contributed by atoms with Crippen molar-refractivity contribution in [3.8, 4) is 0 Å². The lowest BCUT2D eigenvalue weighted by atomic mass is 10.2. The lowest BCUT2D eigenvalue weighted by molar-refractivity contribution is -0.134. The Kier molecular flexibility index (Phi) is 2.59. The molecule has 1 aliphatic rings. The molecule has 0 atom stereocenters. The number of halogens is 1. The summed E-state index contributed by atoms with van der Waals surface area (Å²) in [6.07, 6.45) is 3.44. The molecule has 0 N–H and O–H groups in total. The van der Waals surface area contributed by atoms with Crippen molar-refractivity contribution >= 4 is 5.91 Å². The number of hydrogen-bond donors (Lipinski definition) is 0. The summed E-state index contributed by atoms with van der Waals surface area (Å²) in [6.45, 7) is 1.39. The summed E-state index contributed by atoms with van der Waals surface area (Å²) >= 11 is 0. The molecule has 0 fully saturated rings. The van der Waals surface area contributed by atoms with Gasteiger partial charge in [-0.25, -0.2) is 9.37 Å².